The lowest BCUT2D eigenvalue weighted by atomic mass is 10.00. The lowest BCUT2D eigenvalue weighted by Gasteiger charge is -2.31. The number of thioether (sulfide) groups is 2. The molecule has 1 aliphatic rings. The fourth-order valence-corrected chi connectivity index (χ4v) is 6.47. The maximum atomic E-state index is 12.5. The second kappa shape index (κ2) is 11.4. The Labute approximate surface area is 174 Å². The van der Waals surface area contributed by atoms with Crippen molar-refractivity contribution in [2.45, 2.75) is 61.3 Å². The first-order chi connectivity index (χ1) is 12.9. The van der Waals surface area contributed by atoms with Gasteiger partial charge >= 0.3 is 0 Å². The van der Waals surface area contributed by atoms with E-state index < -0.39 is 0 Å². The molecule has 0 aromatic heterocycles. The lowest BCUT2D eigenvalue weighted by Crippen LogP contribution is -2.33. The van der Waals surface area contributed by atoms with Crippen LogP contribution in [0.5, 0.6) is 0 Å². The molecule has 1 fully saturated rings. The Morgan fingerprint density at radius 3 is 2.44 bits per heavy atom. The van der Waals surface area contributed by atoms with Crippen molar-refractivity contribution in [3.63, 3.8) is 0 Å². The minimum Gasteiger partial charge on any atom is -0.345 e. The summed E-state index contributed by atoms with van der Waals surface area (Å²) in [7, 11) is 6.10. The number of amides is 1. The molecule has 0 saturated heterocycles. The third-order valence-corrected chi connectivity index (χ3v) is 8.35. The summed E-state index contributed by atoms with van der Waals surface area (Å²) in [6.07, 6.45) is 6.16. The molecule has 0 bridgehead atoms. The zero-order valence-corrected chi connectivity index (χ0v) is 19.3. The fourth-order valence-electron chi connectivity index (χ4n) is 3.52. The van der Waals surface area contributed by atoms with Crippen LogP contribution in [0.15, 0.2) is 23.1 Å². The summed E-state index contributed by atoms with van der Waals surface area (Å²) < 4.78 is 0. The van der Waals surface area contributed by atoms with Gasteiger partial charge in [-0.3, -0.25) is 4.79 Å². The van der Waals surface area contributed by atoms with Crippen LogP contribution >= 0.6 is 23.5 Å². The Morgan fingerprint density at radius 2 is 1.78 bits per heavy atom. The van der Waals surface area contributed by atoms with E-state index >= 15 is 0 Å². The van der Waals surface area contributed by atoms with Crippen LogP contribution in [0.2, 0.25) is 0 Å². The second-order valence-corrected chi connectivity index (χ2v) is 10.5. The van der Waals surface area contributed by atoms with Crippen LogP contribution in [0.1, 0.15) is 43.2 Å². The van der Waals surface area contributed by atoms with Crippen molar-refractivity contribution in [1.82, 2.24) is 9.80 Å². The van der Waals surface area contributed by atoms with Crippen LogP contribution in [0.25, 0.3) is 0 Å². The van der Waals surface area contributed by atoms with Crippen molar-refractivity contribution in [2.24, 2.45) is 0 Å². The lowest BCUT2D eigenvalue weighted by molar-refractivity contribution is -0.127. The fraction of sp³-hybridized carbons (Fsp3) is 0.682. The third kappa shape index (κ3) is 7.71. The van der Waals surface area contributed by atoms with Crippen LogP contribution in [-0.4, -0.2) is 66.2 Å². The average molecular weight is 409 g/mol. The largest absolute Gasteiger partial charge is 0.345 e. The Balaban J connectivity index is 1.84. The standard InChI is InChI=1S/C22H36N2OS2/c1-17-11-12-19(18(2)15-17)27-21-10-7-6-9-20(21)26-16-22(25)24(5)14-8-13-23(3)4/h11-12,15,20-21H,6-10,13-14,16H2,1-5H3/t20-,21-/m1/s1. The zero-order chi connectivity index (χ0) is 19.8. The molecule has 0 aliphatic heterocycles. The Kier molecular flexibility index (Phi) is 9.54. The zero-order valence-electron chi connectivity index (χ0n) is 17.7. The molecule has 0 heterocycles. The topological polar surface area (TPSA) is 23.6 Å². The number of nitrogens with zero attached hydrogens (tertiary/aromatic N) is 2. The molecule has 0 unspecified atom stereocenters. The van der Waals surface area contributed by atoms with E-state index in [1.165, 1.54) is 41.7 Å². The molecule has 3 nitrogen and oxygen atoms in total. The van der Waals surface area contributed by atoms with Gasteiger partial charge in [-0.15, -0.1) is 23.5 Å². The van der Waals surface area contributed by atoms with Gasteiger partial charge in [-0.2, -0.15) is 0 Å². The molecule has 152 valence electrons. The normalized spacial score (nSPS) is 20.1. The quantitative estimate of drug-likeness (QED) is 0.583. The molecule has 1 amide bonds. The van der Waals surface area contributed by atoms with Crippen molar-refractivity contribution in [3.05, 3.63) is 29.3 Å². The summed E-state index contributed by atoms with van der Waals surface area (Å²) in [4.78, 5) is 18.0. The van der Waals surface area contributed by atoms with Crippen LogP contribution < -0.4 is 0 Å². The maximum absolute atomic E-state index is 12.5. The minimum atomic E-state index is 0.277. The number of carbonyl (C=O) groups is 1. The number of carbonyl (C=O) groups excluding carboxylic acids is 1. The minimum absolute atomic E-state index is 0.277. The SMILES string of the molecule is Cc1ccc(S[C@@H]2CCCC[C@H]2SCC(=O)N(C)CCCN(C)C)c(C)c1. The molecule has 1 aromatic rings. The molecule has 5 heteroatoms. The molecule has 0 N–H and O–H groups in total. The highest BCUT2D eigenvalue weighted by Gasteiger charge is 2.27. The van der Waals surface area contributed by atoms with Gasteiger partial charge in [0, 0.05) is 29.0 Å². The first kappa shape index (κ1) is 22.6. The van der Waals surface area contributed by atoms with Gasteiger partial charge in [0.25, 0.3) is 0 Å². The number of hydrogen-bond acceptors (Lipinski definition) is 4. The van der Waals surface area contributed by atoms with Crippen molar-refractivity contribution in [1.29, 1.82) is 0 Å². The predicted molar refractivity (Wildman–Crippen MR) is 121 cm³/mol. The number of rotatable bonds is 9. The average Bonchev–Trinajstić information content (AvgIpc) is 2.62. The van der Waals surface area contributed by atoms with Crippen molar-refractivity contribution >= 4 is 29.4 Å². The van der Waals surface area contributed by atoms with Crippen molar-refractivity contribution < 1.29 is 4.79 Å². The molecule has 1 saturated carbocycles. The van der Waals surface area contributed by atoms with Gasteiger partial charge < -0.3 is 9.80 Å². The highest BCUT2D eigenvalue weighted by molar-refractivity contribution is 8.04. The van der Waals surface area contributed by atoms with E-state index in [0.717, 1.165) is 19.5 Å². The highest BCUT2D eigenvalue weighted by atomic mass is 32.2. The first-order valence-electron chi connectivity index (χ1n) is 10.1. The predicted octanol–water partition coefficient (Wildman–Crippen LogP) is 4.85. The number of hydrogen-bond donors (Lipinski definition) is 0. The van der Waals surface area contributed by atoms with Gasteiger partial charge in [0.05, 0.1) is 5.75 Å². The van der Waals surface area contributed by atoms with E-state index in [1.54, 1.807) is 0 Å². The van der Waals surface area contributed by atoms with Crippen LogP contribution in [-0.2, 0) is 4.79 Å². The van der Waals surface area contributed by atoms with Crippen LogP contribution in [0.3, 0.4) is 0 Å². The first-order valence-corrected chi connectivity index (χ1v) is 12.0. The molecule has 2 rings (SSSR count). The molecule has 1 aromatic carbocycles. The molecular formula is C22H36N2OS2. The van der Waals surface area contributed by atoms with E-state index in [-0.39, 0.29) is 5.91 Å². The van der Waals surface area contributed by atoms with Crippen LogP contribution in [0.4, 0.5) is 0 Å². The Bertz CT molecular complexity index is 606. The summed E-state index contributed by atoms with van der Waals surface area (Å²) in [6.45, 7) is 6.25. The van der Waals surface area contributed by atoms with Gasteiger partial charge in [0.2, 0.25) is 5.91 Å². The summed E-state index contributed by atoms with van der Waals surface area (Å²) in [5.74, 6) is 0.896. The summed E-state index contributed by atoms with van der Waals surface area (Å²) >= 11 is 3.92. The van der Waals surface area contributed by atoms with Crippen LogP contribution in [0, 0.1) is 13.8 Å². The maximum Gasteiger partial charge on any atom is 0.232 e. The van der Waals surface area contributed by atoms with Gasteiger partial charge in [0.15, 0.2) is 0 Å². The van der Waals surface area contributed by atoms with Gasteiger partial charge in [-0.1, -0.05) is 30.5 Å². The Hall–Kier alpha value is -0.650. The molecule has 2 atom stereocenters. The van der Waals surface area contributed by atoms with Crippen molar-refractivity contribution in [2.75, 3.05) is 40.0 Å². The number of aryl methyl sites for hydroxylation is 2. The van der Waals surface area contributed by atoms with Gasteiger partial charge in [-0.25, -0.2) is 0 Å². The monoisotopic (exact) mass is 408 g/mol. The highest BCUT2D eigenvalue weighted by Crippen LogP contribution is 2.40. The molecule has 0 radical (unpaired) electrons. The second-order valence-electron chi connectivity index (χ2n) is 8.03. The summed E-state index contributed by atoms with van der Waals surface area (Å²) in [6, 6.07) is 6.77. The van der Waals surface area contributed by atoms with E-state index in [1.807, 2.05) is 35.5 Å². The smallest absolute Gasteiger partial charge is 0.232 e. The molecular weight excluding hydrogens is 372 g/mol. The molecule has 1 aliphatic carbocycles. The Morgan fingerprint density at radius 1 is 1.07 bits per heavy atom. The third-order valence-electron chi connectivity index (χ3n) is 5.20. The van der Waals surface area contributed by atoms with E-state index in [0.29, 0.717) is 16.3 Å². The molecule has 0 spiro atoms. The van der Waals surface area contributed by atoms with Crippen molar-refractivity contribution in [3.8, 4) is 0 Å². The van der Waals surface area contributed by atoms with Gasteiger partial charge in [0.1, 0.15) is 0 Å². The van der Waals surface area contributed by atoms with E-state index in [4.69, 9.17) is 0 Å². The summed E-state index contributed by atoms with van der Waals surface area (Å²) in [5, 5.41) is 1.21. The van der Waals surface area contributed by atoms with E-state index in [9.17, 15) is 4.79 Å². The van der Waals surface area contributed by atoms with E-state index in [2.05, 4.69) is 51.0 Å². The molecule has 27 heavy (non-hydrogen) atoms. The van der Waals surface area contributed by atoms with Gasteiger partial charge in [-0.05, 0) is 65.4 Å². The number of benzene rings is 1. The summed E-state index contributed by atoms with van der Waals surface area (Å²) in [5.41, 5.74) is 2.71.